The van der Waals surface area contributed by atoms with Gasteiger partial charge in [-0.3, -0.25) is 4.84 Å². The van der Waals surface area contributed by atoms with E-state index in [1.165, 1.54) is 37.7 Å². The molecule has 1 aromatic rings. The summed E-state index contributed by atoms with van der Waals surface area (Å²) in [6.45, 7) is 5.36. The van der Waals surface area contributed by atoms with Crippen LogP contribution in [0.3, 0.4) is 0 Å². The van der Waals surface area contributed by atoms with Crippen LogP contribution in [-0.4, -0.2) is 6.04 Å². The van der Waals surface area contributed by atoms with E-state index in [1.54, 1.807) is 0 Å². The maximum Gasteiger partial charge on any atom is 0.0933 e. The molecule has 0 amide bonds. The molecule has 1 aromatic carbocycles. The van der Waals surface area contributed by atoms with Gasteiger partial charge in [0, 0.05) is 6.04 Å². The second kappa shape index (κ2) is 7.66. The van der Waals surface area contributed by atoms with Gasteiger partial charge in [0.2, 0.25) is 0 Å². The number of benzene rings is 1. The lowest BCUT2D eigenvalue weighted by atomic mass is 9.89. The first kappa shape index (κ1) is 14.5. The van der Waals surface area contributed by atoms with Gasteiger partial charge < -0.3 is 0 Å². The molecule has 1 aliphatic rings. The van der Waals surface area contributed by atoms with E-state index in [-0.39, 0.29) is 0 Å². The number of rotatable bonds is 5. The second-order valence-electron chi connectivity index (χ2n) is 6.10. The average Bonchev–Trinajstić information content (AvgIpc) is 2.66. The van der Waals surface area contributed by atoms with Gasteiger partial charge in [0.25, 0.3) is 0 Å². The lowest BCUT2D eigenvalue weighted by molar-refractivity contribution is -0.0000632. The standard InChI is InChI=1S/C17H27NO/c1-14(2)16-9-6-10-17(12-11-16)18-19-13-15-7-4-3-5-8-15/h3-5,7-8,14,16-18H,6,9-13H2,1-2H3. The molecular weight excluding hydrogens is 234 g/mol. The van der Waals surface area contributed by atoms with Gasteiger partial charge >= 0.3 is 0 Å². The van der Waals surface area contributed by atoms with E-state index in [9.17, 15) is 0 Å². The lowest BCUT2D eigenvalue weighted by Gasteiger charge is -2.19. The van der Waals surface area contributed by atoms with Crippen LogP contribution in [0.1, 0.15) is 51.5 Å². The first-order chi connectivity index (χ1) is 9.25. The molecule has 0 heterocycles. The van der Waals surface area contributed by atoms with Crippen molar-refractivity contribution in [2.45, 2.75) is 58.6 Å². The smallest absolute Gasteiger partial charge is 0.0933 e. The van der Waals surface area contributed by atoms with Crippen molar-refractivity contribution in [2.75, 3.05) is 0 Å². The molecule has 0 radical (unpaired) electrons. The summed E-state index contributed by atoms with van der Waals surface area (Å²) in [6.07, 6.45) is 6.55. The van der Waals surface area contributed by atoms with Crippen molar-refractivity contribution in [2.24, 2.45) is 11.8 Å². The van der Waals surface area contributed by atoms with E-state index >= 15 is 0 Å². The quantitative estimate of drug-likeness (QED) is 0.630. The van der Waals surface area contributed by atoms with Crippen LogP contribution in [0.5, 0.6) is 0 Å². The Hall–Kier alpha value is -0.860. The van der Waals surface area contributed by atoms with Crippen LogP contribution in [0.25, 0.3) is 0 Å². The first-order valence-corrected chi connectivity index (χ1v) is 7.67. The number of hydrogen-bond acceptors (Lipinski definition) is 2. The van der Waals surface area contributed by atoms with E-state index in [1.807, 2.05) is 6.07 Å². The molecule has 2 nitrogen and oxygen atoms in total. The lowest BCUT2D eigenvalue weighted by Crippen LogP contribution is -2.28. The zero-order valence-electron chi connectivity index (χ0n) is 12.3. The fraction of sp³-hybridized carbons (Fsp3) is 0.647. The minimum absolute atomic E-state index is 0.535. The summed E-state index contributed by atoms with van der Waals surface area (Å²) in [5.74, 6) is 1.73. The van der Waals surface area contributed by atoms with Crippen molar-refractivity contribution < 1.29 is 4.84 Å². The van der Waals surface area contributed by atoms with Gasteiger partial charge in [-0.15, -0.1) is 0 Å². The van der Waals surface area contributed by atoms with Gasteiger partial charge in [0.1, 0.15) is 0 Å². The third-order valence-corrected chi connectivity index (χ3v) is 4.29. The molecule has 1 aliphatic carbocycles. The zero-order chi connectivity index (χ0) is 13.5. The van der Waals surface area contributed by atoms with Gasteiger partial charge in [-0.25, -0.2) is 0 Å². The summed E-state index contributed by atoms with van der Waals surface area (Å²) in [6, 6.07) is 10.9. The van der Waals surface area contributed by atoms with E-state index in [4.69, 9.17) is 4.84 Å². The molecule has 0 spiro atoms. The Morgan fingerprint density at radius 3 is 2.63 bits per heavy atom. The molecule has 2 unspecified atom stereocenters. The topological polar surface area (TPSA) is 21.3 Å². The highest BCUT2D eigenvalue weighted by Crippen LogP contribution is 2.28. The van der Waals surface area contributed by atoms with Crippen LogP contribution in [0.15, 0.2) is 30.3 Å². The van der Waals surface area contributed by atoms with E-state index < -0.39 is 0 Å². The van der Waals surface area contributed by atoms with Crippen LogP contribution in [-0.2, 0) is 11.4 Å². The van der Waals surface area contributed by atoms with Gasteiger partial charge in [-0.05, 0) is 36.7 Å². The van der Waals surface area contributed by atoms with Crippen LogP contribution in [0.4, 0.5) is 0 Å². The highest BCUT2D eigenvalue weighted by molar-refractivity contribution is 5.13. The summed E-state index contributed by atoms with van der Waals surface area (Å²) in [4.78, 5) is 5.66. The summed E-state index contributed by atoms with van der Waals surface area (Å²) >= 11 is 0. The summed E-state index contributed by atoms with van der Waals surface area (Å²) in [5, 5.41) is 0. The number of nitrogens with one attached hydrogen (secondary N) is 1. The summed E-state index contributed by atoms with van der Waals surface area (Å²) in [5.41, 5.74) is 4.50. The Balaban J connectivity index is 1.69. The summed E-state index contributed by atoms with van der Waals surface area (Å²) in [7, 11) is 0. The highest BCUT2D eigenvalue weighted by atomic mass is 16.6. The molecule has 1 saturated carbocycles. The van der Waals surface area contributed by atoms with Crippen LogP contribution in [0, 0.1) is 11.8 Å². The van der Waals surface area contributed by atoms with Gasteiger partial charge in [0.15, 0.2) is 0 Å². The third-order valence-electron chi connectivity index (χ3n) is 4.29. The maximum atomic E-state index is 5.66. The fourth-order valence-corrected chi connectivity index (χ4v) is 2.93. The minimum Gasteiger partial charge on any atom is -0.297 e. The van der Waals surface area contributed by atoms with Crippen molar-refractivity contribution in [3.8, 4) is 0 Å². The van der Waals surface area contributed by atoms with Crippen LogP contribution < -0.4 is 5.48 Å². The van der Waals surface area contributed by atoms with Crippen LogP contribution in [0.2, 0.25) is 0 Å². The van der Waals surface area contributed by atoms with Gasteiger partial charge in [-0.2, -0.15) is 5.48 Å². The van der Waals surface area contributed by atoms with Crippen molar-refractivity contribution in [1.82, 2.24) is 5.48 Å². The zero-order valence-corrected chi connectivity index (χ0v) is 12.3. The van der Waals surface area contributed by atoms with Gasteiger partial charge in [0.05, 0.1) is 6.61 Å². The monoisotopic (exact) mass is 261 g/mol. The molecule has 0 aromatic heterocycles. The van der Waals surface area contributed by atoms with Crippen molar-refractivity contribution in [1.29, 1.82) is 0 Å². The van der Waals surface area contributed by atoms with Crippen molar-refractivity contribution in [3.05, 3.63) is 35.9 Å². The highest BCUT2D eigenvalue weighted by Gasteiger charge is 2.20. The van der Waals surface area contributed by atoms with E-state index in [0.29, 0.717) is 12.6 Å². The molecule has 0 saturated heterocycles. The Kier molecular flexibility index (Phi) is 5.87. The Morgan fingerprint density at radius 2 is 1.89 bits per heavy atom. The van der Waals surface area contributed by atoms with Crippen LogP contribution >= 0.6 is 0 Å². The van der Waals surface area contributed by atoms with Crippen molar-refractivity contribution in [3.63, 3.8) is 0 Å². The number of hydroxylamine groups is 1. The SMILES string of the molecule is CC(C)C1CCCC(NOCc2ccccc2)CC1. The molecule has 106 valence electrons. The fourth-order valence-electron chi connectivity index (χ4n) is 2.93. The molecule has 1 N–H and O–H groups in total. The molecule has 2 heteroatoms. The Bertz CT molecular complexity index is 350. The predicted molar refractivity (Wildman–Crippen MR) is 79.6 cm³/mol. The largest absolute Gasteiger partial charge is 0.297 e. The molecular formula is C17H27NO. The molecule has 2 atom stereocenters. The van der Waals surface area contributed by atoms with Gasteiger partial charge in [-0.1, -0.05) is 57.0 Å². The average molecular weight is 261 g/mol. The van der Waals surface area contributed by atoms with E-state index in [0.717, 1.165) is 11.8 Å². The minimum atomic E-state index is 0.535. The Morgan fingerprint density at radius 1 is 1.11 bits per heavy atom. The maximum absolute atomic E-state index is 5.66. The van der Waals surface area contributed by atoms with E-state index in [2.05, 4.69) is 43.6 Å². The predicted octanol–water partition coefficient (Wildman–Crippen LogP) is 4.31. The molecule has 1 fully saturated rings. The molecule has 2 rings (SSSR count). The first-order valence-electron chi connectivity index (χ1n) is 7.67. The Labute approximate surface area is 117 Å². The molecule has 19 heavy (non-hydrogen) atoms. The normalized spacial score (nSPS) is 24.4. The third kappa shape index (κ3) is 4.96. The molecule has 0 bridgehead atoms. The summed E-state index contributed by atoms with van der Waals surface area (Å²) < 4.78 is 0. The van der Waals surface area contributed by atoms with Crippen molar-refractivity contribution >= 4 is 0 Å². The molecule has 0 aliphatic heterocycles. The second-order valence-corrected chi connectivity index (χ2v) is 6.10. The number of hydrogen-bond donors (Lipinski definition) is 1.